The minimum absolute atomic E-state index is 0.160. The molecule has 1 aromatic carbocycles. The van der Waals surface area contributed by atoms with Gasteiger partial charge in [0, 0.05) is 25.3 Å². The first-order chi connectivity index (χ1) is 10.3. The van der Waals surface area contributed by atoms with E-state index in [1.807, 2.05) is 36.4 Å². The summed E-state index contributed by atoms with van der Waals surface area (Å²) in [5.74, 6) is 0.931. The third-order valence-corrected chi connectivity index (χ3v) is 4.97. The first-order valence-electron chi connectivity index (χ1n) is 7.43. The Morgan fingerprint density at radius 2 is 1.90 bits per heavy atom. The molecule has 4 heteroatoms. The number of hydrogen-bond donors (Lipinski definition) is 0. The van der Waals surface area contributed by atoms with Crippen molar-refractivity contribution in [3.05, 3.63) is 42.0 Å². The minimum atomic E-state index is 0.160. The molecule has 0 aliphatic carbocycles. The van der Waals surface area contributed by atoms with E-state index in [0.29, 0.717) is 6.42 Å². The second-order valence-corrected chi connectivity index (χ2v) is 6.85. The van der Waals surface area contributed by atoms with Gasteiger partial charge in [-0.05, 0) is 30.9 Å². The summed E-state index contributed by atoms with van der Waals surface area (Å²) in [7, 11) is 0. The van der Waals surface area contributed by atoms with E-state index >= 15 is 0 Å². The summed E-state index contributed by atoms with van der Waals surface area (Å²) < 4.78 is 0.953. The van der Waals surface area contributed by atoms with E-state index in [4.69, 9.17) is 12.2 Å². The maximum atomic E-state index is 11.8. The van der Waals surface area contributed by atoms with Gasteiger partial charge in [0.2, 0.25) is 0 Å². The molecule has 1 aliphatic heterocycles. The molecule has 1 aliphatic rings. The van der Waals surface area contributed by atoms with Gasteiger partial charge in [0.05, 0.1) is 0 Å². The number of benzene rings is 1. The number of hydrogen-bond acceptors (Lipinski definition) is 3. The SMILES string of the molecule is O=C(C=Cc1ccccc1)CCSC(=S)N1CCCCC1. The average molecular weight is 319 g/mol. The normalized spacial score (nSPS) is 15.3. The molecule has 1 aromatic rings. The van der Waals surface area contributed by atoms with Crippen LogP contribution in [0.2, 0.25) is 0 Å². The van der Waals surface area contributed by atoms with E-state index in [2.05, 4.69) is 4.90 Å². The van der Waals surface area contributed by atoms with Gasteiger partial charge >= 0.3 is 0 Å². The molecular weight excluding hydrogens is 298 g/mol. The summed E-state index contributed by atoms with van der Waals surface area (Å²) in [4.78, 5) is 14.1. The second-order valence-electron chi connectivity index (χ2n) is 5.12. The second kappa shape index (κ2) is 9.00. The Morgan fingerprint density at radius 1 is 1.19 bits per heavy atom. The van der Waals surface area contributed by atoms with Gasteiger partial charge in [0.1, 0.15) is 4.32 Å². The van der Waals surface area contributed by atoms with Crippen molar-refractivity contribution in [2.24, 2.45) is 0 Å². The van der Waals surface area contributed by atoms with Crippen molar-refractivity contribution in [1.29, 1.82) is 0 Å². The zero-order valence-corrected chi connectivity index (χ0v) is 13.8. The third kappa shape index (κ3) is 6.02. The molecule has 0 saturated carbocycles. The number of thioether (sulfide) groups is 1. The summed E-state index contributed by atoms with van der Waals surface area (Å²) >= 11 is 7.06. The quantitative estimate of drug-likeness (QED) is 0.599. The molecule has 0 spiro atoms. The Bertz CT molecular complexity index is 493. The molecule has 0 atom stereocenters. The Labute approximate surface area is 136 Å². The molecule has 1 heterocycles. The van der Waals surface area contributed by atoms with E-state index in [1.54, 1.807) is 17.8 Å². The molecule has 0 radical (unpaired) electrons. The Balaban J connectivity index is 1.67. The predicted molar refractivity (Wildman–Crippen MR) is 95.6 cm³/mol. The van der Waals surface area contributed by atoms with E-state index in [9.17, 15) is 4.79 Å². The topological polar surface area (TPSA) is 20.3 Å². The Kier molecular flexibility index (Phi) is 6.96. The van der Waals surface area contributed by atoms with Crippen molar-refractivity contribution in [1.82, 2.24) is 4.90 Å². The average Bonchev–Trinajstić information content (AvgIpc) is 2.54. The van der Waals surface area contributed by atoms with Gasteiger partial charge in [0.25, 0.3) is 0 Å². The van der Waals surface area contributed by atoms with Crippen LogP contribution in [0.5, 0.6) is 0 Å². The fraction of sp³-hybridized carbons (Fsp3) is 0.412. The maximum Gasteiger partial charge on any atom is 0.156 e. The number of allylic oxidation sites excluding steroid dienone is 1. The fourth-order valence-corrected chi connectivity index (χ4v) is 3.52. The van der Waals surface area contributed by atoms with Crippen LogP contribution < -0.4 is 0 Å². The number of ketones is 1. The lowest BCUT2D eigenvalue weighted by molar-refractivity contribution is -0.114. The number of piperidine rings is 1. The van der Waals surface area contributed by atoms with Gasteiger partial charge in [-0.15, -0.1) is 0 Å². The van der Waals surface area contributed by atoms with Crippen molar-refractivity contribution in [3.63, 3.8) is 0 Å². The van der Waals surface area contributed by atoms with Crippen LogP contribution in [0.3, 0.4) is 0 Å². The van der Waals surface area contributed by atoms with Crippen LogP contribution in [0.15, 0.2) is 36.4 Å². The number of rotatable bonds is 5. The van der Waals surface area contributed by atoms with E-state index in [0.717, 1.165) is 28.7 Å². The number of carbonyl (C=O) groups is 1. The summed E-state index contributed by atoms with van der Waals surface area (Å²) in [5, 5.41) is 0. The molecule has 1 fully saturated rings. The van der Waals surface area contributed by atoms with Crippen molar-refractivity contribution in [2.75, 3.05) is 18.8 Å². The molecule has 2 rings (SSSR count). The van der Waals surface area contributed by atoms with Gasteiger partial charge in [-0.1, -0.05) is 60.4 Å². The highest BCUT2D eigenvalue weighted by molar-refractivity contribution is 8.22. The number of nitrogens with zero attached hydrogens (tertiary/aromatic N) is 1. The van der Waals surface area contributed by atoms with Gasteiger partial charge in [-0.3, -0.25) is 4.79 Å². The highest BCUT2D eigenvalue weighted by atomic mass is 32.2. The first-order valence-corrected chi connectivity index (χ1v) is 8.83. The highest BCUT2D eigenvalue weighted by Gasteiger charge is 2.13. The predicted octanol–water partition coefficient (Wildman–Crippen LogP) is 4.16. The lowest BCUT2D eigenvalue weighted by Gasteiger charge is -2.28. The largest absolute Gasteiger partial charge is 0.358 e. The Morgan fingerprint density at radius 3 is 2.62 bits per heavy atom. The molecule has 21 heavy (non-hydrogen) atoms. The summed E-state index contributed by atoms with van der Waals surface area (Å²) in [6, 6.07) is 9.89. The minimum Gasteiger partial charge on any atom is -0.358 e. The monoisotopic (exact) mass is 319 g/mol. The molecule has 0 unspecified atom stereocenters. The van der Waals surface area contributed by atoms with Gasteiger partial charge in [-0.2, -0.15) is 0 Å². The zero-order valence-electron chi connectivity index (χ0n) is 12.2. The maximum absolute atomic E-state index is 11.8. The van der Waals surface area contributed by atoms with Crippen molar-refractivity contribution < 1.29 is 4.79 Å². The van der Waals surface area contributed by atoms with Crippen LogP contribution >= 0.6 is 24.0 Å². The van der Waals surface area contributed by atoms with Crippen molar-refractivity contribution in [2.45, 2.75) is 25.7 Å². The van der Waals surface area contributed by atoms with Crippen LogP contribution in [-0.4, -0.2) is 33.8 Å². The van der Waals surface area contributed by atoms with E-state index < -0.39 is 0 Å². The smallest absolute Gasteiger partial charge is 0.156 e. The number of carbonyl (C=O) groups excluding carboxylic acids is 1. The number of likely N-dealkylation sites (tertiary alicyclic amines) is 1. The standard InChI is InChI=1S/C17H21NOS2/c19-16(10-9-15-7-3-1-4-8-15)11-14-21-17(20)18-12-5-2-6-13-18/h1,3-4,7-10H,2,5-6,11-14H2. The van der Waals surface area contributed by atoms with Crippen LogP contribution in [0, 0.1) is 0 Å². The van der Waals surface area contributed by atoms with Crippen LogP contribution in [0.25, 0.3) is 6.08 Å². The summed E-state index contributed by atoms with van der Waals surface area (Å²) in [5.41, 5.74) is 1.06. The molecule has 112 valence electrons. The van der Waals surface area contributed by atoms with Crippen LogP contribution in [0.1, 0.15) is 31.2 Å². The van der Waals surface area contributed by atoms with E-state index in [1.165, 1.54) is 19.3 Å². The molecule has 2 nitrogen and oxygen atoms in total. The van der Waals surface area contributed by atoms with E-state index in [-0.39, 0.29) is 5.78 Å². The van der Waals surface area contributed by atoms with Crippen molar-refractivity contribution in [3.8, 4) is 0 Å². The highest BCUT2D eigenvalue weighted by Crippen LogP contribution is 2.17. The molecular formula is C17H21NOS2. The molecule has 0 aromatic heterocycles. The van der Waals surface area contributed by atoms with Gasteiger partial charge < -0.3 is 4.90 Å². The summed E-state index contributed by atoms with van der Waals surface area (Å²) in [6.07, 6.45) is 7.86. The van der Waals surface area contributed by atoms with Crippen LogP contribution in [0.4, 0.5) is 0 Å². The van der Waals surface area contributed by atoms with Gasteiger partial charge in [0.15, 0.2) is 5.78 Å². The molecule has 0 N–H and O–H groups in total. The van der Waals surface area contributed by atoms with Crippen LogP contribution in [-0.2, 0) is 4.79 Å². The number of thiocarbonyl (C=S) groups is 1. The molecule has 0 amide bonds. The lowest BCUT2D eigenvalue weighted by Crippen LogP contribution is -2.32. The Hall–Kier alpha value is -1.13. The fourth-order valence-electron chi connectivity index (χ4n) is 2.24. The lowest BCUT2D eigenvalue weighted by atomic mass is 10.1. The zero-order chi connectivity index (χ0) is 14.9. The first kappa shape index (κ1) is 16.2. The molecule has 1 saturated heterocycles. The third-order valence-electron chi connectivity index (χ3n) is 3.45. The van der Waals surface area contributed by atoms with Crippen molar-refractivity contribution >= 4 is 40.2 Å². The molecule has 0 bridgehead atoms. The van der Waals surface area contributed by atoms with Gasteiger partial charge in [-0.25, -0.2) is 0 Å². The summed E-state index contributed by atoms with van der Waals surface area (Å²) in [6.45, 7) is 2.15.